The van der Waals surface area contributed by atoms with Crippen LogP contribution in [0, 0.1) is 17.8 Å². The van der Waals surface area contributed by atoms with E-state index in [1.807, 2.05) is 0 Å². The molecule has 0 amide bonds. The lowest BCUT2D eigenvalue weighted by Crippen LogP contribution is -2.31. The highest BCUT2D eigenvalue weighted by Crippen LogP contribution is 2.35. The van der Waals surface area contributed by atoms with Gasteiger partial charge in [0, 0.05) is 6.54 Å². The van der Waals surface area contributed by atoms with Crippen molar-refractivity contribution >= 4 is 5.97 Å². The Morgan fingerprint density at radius 2 is 1.67 bits per heavy atom. The van der Waals surface area contributed by atoms with Crippen molar-refractivity contribution in [3.8, 4) is 0 Å². The highest BCUT2D eigenvalue weighted by molar-refractivity contribution is 5.70. The average molecular weight is 297 g/mol. The maximum atomic E-state index is 10.9. The third kappa shape index (κ3) is 5.59. The molecule has 0 aromatic rings. The maximum absolute atomic E-state index is 10.9. The first-order valence-corrected chi connectivity index (χ1v) is 8.73. The standard InChI is InChI=1S/C17H31NO3/c18-11-15(17(19)20)12-21-16-8-6-14(7-9-16)10-13-4-2-1-3-5-13/h13-16H,1-12,18H2,(H,19,20). The molecule has 2 aliphatic rings. The minimum absolute atomic E-state index is 0.159. The second kappa shape index (κ2) is 8.74. The van der Waals surface area contributed by atoms with Crippen molar-refractivity contribution in [2.24, 2.45) is 23.5 Å². The number of carboxylic acid groups (broad SMARTS) is 1. The van der Waals surface area contributed by atoms with Gasteiger partial charge in [-0.3, -0.25) is 4.79 Å². The van der Waals surface area contributed by atoms with Gasteiger partial charge in [0.2, 0.25) is 0 Å². The van der Waals surface area contributed by atoms with Gasteiger partial charge < -0.3 is 15.6 Å². The Hall–Kier alpha value is -0.610. The molecule has 0 aromatic heterocycles. The summed E-state index contributed by atoms with van der Waals surface area (Å²) in [6.45, 7) is 0.427. The molecule has 122 valence electrons. The summed E-state index contributed by atoms with van der Waals surface area (Å²) in [6, 6.07) is 0. The zero-order valence-electron chi connectivity index (χ0n) is 13.1. The van der Waals surface area contributed by atoms with Gasteiger partial charge in [-0.25, -0.2) is 0 Å². The van der Waals surface area contributed by atoms with E-state index >= 15 is 0 Å². The van der Waals surface area contributed by atoms with Crippen LogP contribution in [0.3, 0.4) is 0 Å². The summed E-state index contributed by atoms with van der Waals surface area (Å²) in [7, 11) is 0. The normalized spacial score (nSPS) is 29.2. The van der Waals surface area contributed by atoms with Gasteiger partial charge in [-0.05, 0) is 43.9 Å². The van der Waals surface area contributed by atoms with E-state index in [1.54, 1.807) is 0 Å². The number of nitrogens with two attached hydrogens (primary N) is 1. The van der Waals surface area contributed by atoms with Crippen LogP contribution in [-0.2, 0) is 9.53 Å². The number of carboxylic acids is 1. The molecule has 0 spiro atoms. The van der Waals surface area contributed by atoms with Crippen molar-refractivity contribution in [3.05, 3.63) is 0 Å². The van der Waals surface area contributed by atoms with E-state index in [4.69, 9.17) is 15.6 Å². The largest absolute Gasteiger partial charge is 0.481 e. The number of rotatable bonds is 7. The molecule has 3 N–H and O–H groups in total. The molecule has 2 rings (SSSR count). The summed E-state index contributed by atoms with van der Waals surface area (Å²) in [4.78, 5) is 10.9. The van der Waals surface area contributed by atoms with E-state index in [0.717, 1.165) is 24.7 Å². The molecule has 21 heavy (non-hydrogen) atoms. The molecule has 0 aromatic carbocycles. The predicted molar refractivity (Wildman–Crippen MR) is 83.1 cm³/mol. The number of ether oxygens (including phenoxy) is 1. The molecule has 4 heteroatoms. The minimum atomic E-state index is -0.844. The van der Waals surface area contributed by atoms with Crippen LogP contribution in [0.5, 0.6) is 0 Å². The second-order valence-corrected chi connectivity index (χ2v) is 6.99. The fraction of sp³-hybridized carbons (Fsp3) is 0.941. The van der Waals surface area contributed by atoms with E-state index in [9.17, 15) is 4.79 Å². The highest BCUT2D eigenvalue weighted by atomic mass is 16.5. The van der Waals surface area contributed by atoms with Crippen LogP contribution in [0.2, 0.25) is 0 Å². The molecular weight excluding hydrogens is 266 g/mol. The highest BCUT2D eigenvalue weighted by Gasteiger charge is 2.26. The molecule has 0 radical (unpaired) electrons. The molecular formula is C17H31NO3. The molecule has 0 aliphatic heterocycles. The van der Waals surface area contributed by atoms with Crippen LogP contribution in [-0.4, -0.2) is 30.3 Å². The third-order valence-corrected chi connectivity index (χ3v) is 5.35. The van der Waals surface area contributed by atoms with Gasteiger partial charge in [0.15, 0.2) is 0 Å². The first-order chi connectivity index (χ1) is 10.2. The van der Waals surface area contributed by atoms with Gasteiger partial charge in [-0.15, -0.1) is 0 Å². The summed E-state index contributed by atoms with van der Waals surface area (Å²) in [6.07, 6.45) is 13.5. The first kappa shape index (κ1) is 16.8. The molecule has 2 fully saturated rings. The van der Waals surface area contributed by atoms with Gasteiger partial charge in [-0.1, -0.05) is 32.1 Å². The van der Waals surface area contributed by atoms with Gasteiger partial charge in [0.25, 0.3) is 0 Å². The summed E-state index contributed by atoms with van der Waals surface area (Å²) >= 11 is 0. The van der Waals surface area contributed by atoms with E-state index < -0.39 is 11.9 Å². The van der Waals surface area contributed by atoms with Gasteiger partial charge in [0.05, 0.1) is 18.6 Å². The molecule has 0 saturated heterocycles. The van der Waals surface area contributed by atoms with Crippen molar-refractivity contribution in [1.82, 2.24) is 0 Å². The van der Waals surface area contributed by atoms with Crippen LogP contribution in [0.25, 0.3) is 0 Å². The predicted octanol–water partition coefficient (Wildman–Crippen LogP) is 3.19. The SMILES string of the molecule is NCC(COC1CCC(CC2CCCCC2)CC1)C(=O)O. The molecule has 1 unspecified atom stereocenters. The van der Waals surface area contributed by atoms with E-state index in [0.29, 0.717) is 0 Å². The molecule has 2 aliphatic carbocycles. The quantitative estimate of drug-likeness (QED) is 0.757. The summed E-state index contributed by atoms with van der Waals surface area (Å²) in [5.74, 6) is 0.445. The maximum Gasteiger partial charge on any atom is 0.310 e. The molecule has 2 saturated carbocycles. The minimum Gasteiger partial charge on any atom is -0.481 e. The van der Waals surface area contributed by atoms with Gasteiger partial charge in [0.1, 0.15) is 0 Å². The lowest BCUT2D eigenvalue weighted by molar-refractivity contribution is -0.144. The number of hydrogen-bond acceptors (Lipinski definition) is 3. The molecule has 1 atom stereocenters. The molecule has 0 bridgehead atoms. The van der Waals surface area contributed by atoms with Crippen LogP contribution < -0.4 is 5.73 Å². The monoisotopic (exact) mass is 297 g/mol. The Balaban J connectivity index is 1.62. The van der Waals surface area contributed by atoms with Crippen LogP contribution >= 0.6 is 0 Å². The van der Waals surface area contributed by atoms with Crippen LogP contribution in [0.15, 0.2) is 0 Å². The zero-order valence-corrected chi connectivity index (χ0v) is 13.1. The summed E-state index contributed by atoms with van der Waals surface area (Å²) in [5, 5.41) is 8.97. The van der Waals surface area contributed by atoms with Gasteiger partial charge in [-0.2, -0.15) is 0 Å². The molecule has 4 nitrogen and oxygen atoms in total. The summed E-state index contributed by atoms with van der Waals surface area (Å²) < 4.78 is 5.77. The van der Waals surface area contributed by atoms with Crippen molar-refractivity contribution in [1.29, 1.82) is 0 Å². The lowest BCUT2D eigenvalue weighted by Gasteiger charge is -2.32. The zero-order chi connectivity index (χ0) is 15.1. The summed E-state index contributed by atoms with van der Waals surface area (Å²) in [5.41, 5.74) is 5.45. The van der Waals surface area contributed by atoms with Gasteiger partial charge >= 0.3 is 5.97 Å². The average Bonchev–Trinajstić information content (AvgIpc) is 2.50. The van der Waals surface area contributed by atoms with Crippen molar-refractivity contribution in [2.75, 3.05) is 13.2 Å². The molecule has 0 heterocycles. The fourth-order valence-electron chi connectivity index (χ4n) is 3.92. The van der Waals surface area contributed by atoms with Crippen LogP contribution in [0.4, 0.5) is 0 Å². The van der Waals surface area contributed by atoms with Crippen LogP contribution in [0.1, 0.15) is 64.2 Å². The van der Waals surface area contributed by atoms with Crippen molar-refractivity contribution < 1.29 is 14.6 Å². The van der Waals surface area contributed by atoms with E-state index in [1.165, 1.54) is 51.4 Å². The van der Waals surface area contributed by atoms with E-state index in [2.05, 4.69) is 0 Å². The smallest absolute Gasteiger partial charge is 0.310 e. The Morgan fingerprint density at radius 1 is 1.05 bits per heavy atom. The Labute approximate surface area is 128 Å². The number of hydrogen-bond donors (Lipinski definition) is 2. The fourth-order valence-corrected chi connectivity index (χ4v) is 3.92. The Bertz CT molecular complexity index is 307. The number of aliphatic carboxylic acids is 1. The second-order valence-electron chi connectivity index (χ2n) is 6.99. The lowest BCUT2D eigenvalue weighted by atomic mass is 9.77. The Morgan fingerprint density at radius 3 is 2.24 bits per heavy atom. The van der Waals surface area contributed by atoms with Crippen molar-refractivity contribution in [3.63, 3.8) is 0 Å². The number of carbonyl (C=O) groups is 1. The topological polar surface area (TPSA) is 72.5 Å². The van der Waals surface area contributed by atoms with Crippen molar-refractivity contribution in [2.45, 2.75) is 70.3 Å². The van der Waals surface area contributed by atoms with E-state index in [-0.39, 0.29) is 19.3 Å². The first-order valence-electron chi connectivity index (χ1n) is 8.73. The Kier molecular flexibility index (Phi) is 6.97. The third-order valence-electron chi connectivity index (χ3n) is 5.35.